The summed E-state index contributed by atoms with van der Waals surface area (Å²) in [7, 11) is 1.57. The molecule has 7 nitrogen and oxygen atoms in total. The fraction of sp³-hybridized carbons (Fsp3) is 0.583. The number of aryl methyl sites for hydroxylation is 1. The highest BCUT2D eigenvalue weighted by molar-refractivity contribution is 5.75. The fourth-order valence-corrected chi connectivity index (χ4v) is 1.40. The van der Waals surface area contributed by atoms with Crippen LogP contribution in [0.25, 0.3) is 0 Å². The van der Waals surface area contributed by atoms with E-state index in [1.807, 2.05) is 0 Å². The third-order valence-corrected chi connectivity index (χ3v) is 2.50. The van der Waals surface area contributed by atoms with Gasteiger partial charge in [0.2, 0.25) is 0 Å². The summed E-state index contributed by atoms with van der Waals surface area (Å²) in [6, 6.07) is 0. The molecule has 1 aromatic rings. The average Bonchev–Trinajstić information content (AvgIpc) is 2.64. The number of rotatable bonds is 6. The Morgan fingerprint density at radius 2 is 2.00 bits per heavy atom. The number of Topliss-reactive ketones (excluding diaryl/α,β-unsaturated/α-hetero) is 1. The van der Waals surface area contributed by atoms with Crippen LogP contribution in [0.1, 0.15) is 31.3 Å². The van der Waals surface area contributed by atoms with E-state index in [4.69, 9.17) is 9.15 Å². The lowest BCUT2D eigenvalue weighted by Gasteiger charge is -2.15. The minimum Gasteiger partial charge on any atom is -0.441 e. The number of carbonyl (C=O) groups excluding carboxylic acids is 2. The van der Waals surface area contributed by atoms with E-state index < -0.39 is 11.9 Å². The fourth-order valence-electron chi connectivity index (χ4n) is 1.40. The van der Waals surface area contributed by atoms with E-state index in [-0.39, 0.29) is 23.9 Å². The summed E-state index contributed by atoms with van der Waals surface area (Å²) in [6.45, 7) is 3.31. The normalized spacial score (nSPS) is 10.3. The first kappa shape index (κ1) is 15.0. The summed E-state index contributed by atoms with van der Waals surface area (Å²) in [6.07, 6.45) is 0.459. The molecule has 0 aliphatic carbocycles. The monoisotopic (exact) mass is 271 g/mol. The molecule has 0 N–H and O–H groups in total. The van der Waals surface area contributed by atoms with Gasteiger partial charge in [-0.15, -0.1) is 0 Å². The number of hydrogen-bond donors (Lipinski definition) is 0. The molecule has 0 unspecified atom stereocenters. The van der Waals surface area contributed by atoms with Crippen molar-refractivity contribution in [2.24, 2.45) is 0 Å². The highest BCUT2D eigenvalue weighted by Gasteiger charge is 2.14. The summed E-state index contributed by atoms with van der Waals surface area (Å²) >= 11 is 0. The zero-order valence-electron chi connectivity index (χ0n) is 11.2. The number of ketones is 1. The molecule has 0 saturated carbocycles. The zero-order chi connectivity index (χ0) is 14.4. The quantitative estimate of drug-likeness (QED) is 0.778. The summed E-state index contributed by atoms with van der Waals surface area (Å²) in [5, 5.41) is 0. The molecule has 1 rings (SSSR count). The molecule has 1 aromatic heterocycles. The Labute approximate surface area is 110 Å². The smallest absolute Gasteiger partial charge is 0.441 e. The number of carbonyl (C=O) groups is 2. The van der Waals surface area contributed by atoms with E-state index in [1.54, 1.807) is 14.0 Å². The lowest BCUT2D eigenvalue weighted by molar-refractivity contribution is -0.117. The molecular formula is C12H17NO6. The molecule has 0 spiro atoms. The van der Waals surface area contributed by atoms with Crippen molar-refractivity contribution in [3.05, 3.63) is 22.1 Å². The Hall–Kier alpha value is -2.05. The largest absolute Gasteiger partial charge is 0.519 e. The van der Waals surface area contributed by atoms with Gasteiger partial charge in [0, 0.05) is 20.0 Å². The summed E-state index contributed by atoms with van der Waals surface area (Å²) in [4.78, 5) is 34.5. The molecule has 0 saturated heterocycles. The zero-order valence-corrected chi connectivity index (χ0v) is 11.2. The standard InChI is InChI=1S/C12H17NO6/c1-8(14)5-4-6-13(3)11(15)17-7-10-9(2)18-12(16)19-10/h4-7H2,1-3H3. The van der Waals surface area contributed by atoms with E-state index >= 15 is 0 Å². The van der Waals surface area contributed by atoms with E-state index in [2.05, 4.69) is 4.42 Å². The maximum Gasteiger partial charge on any atom is 0.519 e. The van der Waals surface area contributed by atoms with Crippen molar-refractivity contribution in [1.29, 1.82) is 0 Å². The van der Waals surface area contributed by atoms with Crippen molar-refractivity contribution in [1.82, 2.24) is 4.90 Å². The Bertz CT molecular complexity index is 501. The van der Waals surface area contributed by atoms with Crippen LogP contribution in [-0.2, 0) is 16.1 Å². The highest BCUT2D eigenvalue weighted by Crippen LogP contribution is 2.07. The first-order chi connectivity index (χ1) is 8.90. The molecule has 106 valence electrons. The molecule has 0 bridgehead atoms. The van der Waals surface area contributed by atoms with E-state index in [0.717, 1.165) is 0 Å². The van der Waals surface area contributed by atoms with Crippen molar-refractivity contribution in [2.75, 3.05) is 13.6 Å². The molecular weight excluding hydrogens is 254 g/mol. The first-order valence-electron chi connectivity index (χ1n) is 5.87. The van der Waals surface area contributed by atoms with Crippen molar-refractivity contribution in [2.45, 2.75) is 33.3 Å². The van der Waals surface area contributed by atoms with Crippen LogP contribution in [0.5, 0.6) is 0 Å². The lowest BCUT2D eigenvalue weighted by Crippen LogP contribution is -2.28. The maximum absolute atomic E-state index is 11.6. The second-order valence-electron chi connectivity index (χ2n) is 4.22. The van der Waals surface area contributed by atoms with Crippen LogP contribution in [0.4, 0.5) is 4.79 Å². The van der Waals surface area contributed by atoms with E-state index in [1.165, 1.54) is 11.8 Å². The van der Waals surface area contributed by atoms with Gasteiger partial charge in [-0.05, 0) is 20.3 Å². The van der Waals surface area contributed by atoms with Gasteiger partial charge in [0.25, 0.3) is 0 Å². The second-order valence-corrected chi connectivity index (χ2v) is 4.22. The molecule has 0 aliphatic rings. The summed E-state index contributed by atoms with van der Waals surface area (Å²) in [5.74, 6) is -0.261. The van der Waals surface area contributed by atoms with Gasteiger partial charge in [0.1, 0.15) is 5.78 Å². The third-order valence-electron chi connectivity index (χ3n) is 2.50. The predicted octanol–water partition coefficient (Wildman–Crippen LogP) is 1.48. The number of nitrogens with zero attached hydrogens (tertiary/aromatic N) is 1. The third kappa shape index (κ3) is 4.99. The van der Waals surface area contributed by atoms with Gasteiger partial charge < -0.3 is 23.3 Å². The second kappa shape index (κ2) is 6.77. The lowest BCUT2D eigenvalue weighted by atomic mass is 10.2. The van der Waals surface area contributed by atoms with Crippen molar-refractivity contribution in [3.8, 4) is 0 Å². The average molecular weight is 271 g/mol. The van der Waals surface area contributed by atoms with E-state index in [9.17, 15) is 14.4 Å². The summed E-state index contributed by atoms with van der Waals surface area (Å²) < 4.78 is 14.3. The minimum atomic E-state index is -0.821. The highest BCUT2D eigenvalue weighted by atomic mass is 16.6. The Balaban J connectivity index is 2.36. The number of ether oxygens (including phenoxy) is 1. The van der Waals surface area contributed by atoms with Gasteiger partial charge in [0.05, 0.1) is 0 Å². The van der Waals surface area contributed by atoms with Crippen molar-refractivity contribution < 1.29 is 23.2 Å². The van der Waals surface area contributed by atoms with Crippen LogP contribution in [0.2, 0.25) is 0 Å². The van der Waals surface area contributed by atoms with Gasteiger partial charge in [-0.1, -0.05) is 0 Å². The predicted molar refractivity (Wildman–Crippen MR) is 64.7 cm³/mol. The Morgan fingerprint density at radius 3 is 2.53 bits per heavy atom. The molecule has 0 atom stereocenters. The Kier molecular flexibility index (Phi) is 5.35. The topological polar surface area (TPSA) is 90.0 Å². The van der Waals surface area contributed by atoms with Crippen LogP contribution in [0, 0.1) is 6.92 Å². The van der Waals surface area contributed by atoms with Crippen LogP contribution in [0.15, 0.2) is 13.6 Å². The molecule has 7 heteroatoms. The molecule has 0 radical (unpaired) electrons. The minimum absolute atomic E-state index is 0.0811. The van der Waals surface area contributed by atoms with Crippen molar-refractivity contribution >= 4 is 11.9 Å². The SMILES string of the molecule is CC(=O)CCCN(C)C(=O)OCc1oc(=O)oc1C. The van der Waals surface area contributed by atoms with Crippen molar-refractivity contribution in [3.63, 3.8) is 0 Å². The number of amides is 1. The molecule has 19 heavy (non-hydrogen) atoms. The molecule has 1 amide bonds. The van der Waals surface area contributed by atoms with Crippen LogP contribution < -0.4 is 5.82 Å². The van der Waals surface area contributed by atoms with E-state index in [0.29, 0.717) is 19.4 Å². The molecule has 0 aliphatic heterocycles. The van der Waals surface area contributed by atoms with Gasteiger partial charge in [-0.25, -0.2) is 9.59 Å². The first-order valence-corrected chi connectivity index (χ1v) is 5.87. The van der Waals surface area contributed by atoms with Gasteiger partial charge in [0.15, 0.2) is 18.1 Å². The van der Waals surface area contributed by atoms with Gasteiger partial charge in [-0.3, -0.25) is 0 Å². The van der Waals surface area contributed by atoms with Crippen LogP contribution >= 0.6 is 0 Å². The van der Waals surface area contributed by atoms with Crippen LogP contribution in [-0.4, -0.2) is 30.4 Å². The summed E-state index contributed by atoms with van der Waals surface area (Å²) in [5.41, 5.74) is 0. The molecule has 0 fully saturated rings. The number of hydrogen-bond acceptors (Lipinski definition) is 6. The Morgan fingerprint density at radius 1 is 1.32 bits per heavy atom. The van der Waals surface area contributed by atoms with Gasteiger partial charge in [-0.2, -0.15) is 0 Å². The maximum atomic E-state index is 11.6. The van der Waals surface area contributed by atoms with Gasteiger partial charge >= 0.3 is 11.9 Å². The molecule has 1 heterocycles. The van der Waals surface area contributed by atoms with Crippen LogP contribution in [0.3, 0.4) is 0 Å². The molecule has 0 aromatic carbocycles.